The molecule has 0 amide bonds. The average molecular weight is 374 g/mol. The van der Waals surface area contributed by atoms with Crippen molar-refractivity contribution in [1.82, 2.24) is 4.98 Å². The Morgan fingerprint density at radius 3 is 2.03 bits per heavy atom. The maximum atomic E-state index is 4.83. The van der Waals surface area contributed by atoms with Crippen LogP contribution in [-0.2, 0) is 0 Å². The molecule has 0 aliphatic rings. The van der Waals surface area contributed by atoms with E-state index >= 15 is 0 Å². The van der Waals surface area contributed by atoms with Crippen molar-refractivity contribution in [3.8, 4) is 11.3 Å². The molecule has 5 aromatic rings. The fraction of sp³-hybridized carbons (Fsp3) is 0.0741. The minimum absolute atomic E-state index is 1.01. The number of aryl methyl sites for hydroxylation is 2. The highest BCUT2D eigenvalue weighted by Gasteiger charge is 2.15. The molecule has 1 heterocycles. The van der Waals surface area contributed by atoms with Gasteiger partial charge in [0.15, 0.2) is 0 Å². The van der Waals surface area contributed by atoms with Crippen LogP contribution in [0.1, 0.15) is 11.1 Å². The number of anilines is 2. The van der Waals surface area contributed by atoms with Crippen LogP contribution in [0.5, 0.6) is 0 Å². The summed E-state index contributed by atoms with van der Waals surface area (Å²) in [6.45, 7) is 4.29. The van der Waals surface area contributed by atoms with Gasteiger partial charge >= 0.3 is 0 Å². The molecule has 140 valence electrons. The average Bonchev–Trinajstić information content (AvgIpc) is 2.76. The molecule has 0 unspecified atom stereocenters. The van der Waals surface area contributed by atoms with Gasteiger partial charge in [-0.3, -0.25) is 4.98 Å². The first-order chi connectivity index (χ1) is 14.2. The third-order valence-corrected chi connectivity index (χ3v) is 5.58. The summed E-state index contributed by atoms with van der Waals surface area (Å²) < 4.78 is 0. The summed E-state index contributed by atoms with van der Waals surface area (Å²) in [6, 6.07) is 29.8. The molecule has 2 nitrogen and oxygen atoms in total. The molecule has 4 aromatic carbocycles. The molecule has 0 fully saturated rings. The smallest absolute Gasteiger partial charge is 0.0807 e. The van der Waals surface area contributed by atoms with Gasteiger partial charge in [-0.25, -0.2) is 0 Å². The van der Waals surface area contributed by atoms with Crippen LogP contribution in [0.15, 0.2) is 91.1 Å². The number of para-hydroxylation sites is 1. The van der Waals surface area contributed by atoms with Crippen molar-refractivity contribution in [2.24, 2.45) is 0 Å². The van der Waals surface area contributed by atoms with Crippen LogP contribution in [-0.4, -0.2) is 4.98 Å². The van der Waals surface area contributed by atoms with Crippen molar-refractivity contribution in [2.45, 2.75) is 13.8 Å². The van der Waals surface area contributed by atoms with E-state index in [0.717, 1.165) is 28.0 Å². The number of fused-ring (bicyclic) bond motifs is 2. The Bertz CT molecular complexity index is 1330. The minimum atomic E-state index is 1.01. The maximum Gasteiger partial charge on any atom is 0.0807 e. The zero-order valence-electron chi connectivity index (χ0n) is 16.6. The van der Waals surface area contributed by atoms with Gasteiger partial charge in [0.1, 0.15) is 0 Å². The van der Waals surface area contributed by atoms with Gasteiger partial charge in [-0.05, 0) is 53.3 Å². The summed E-state index contributed by atoms with van der Waals surface area (Å²) in [7, 11) is 0. The van der Waals surface area contributed by atoms with Gasteiger partial charge in [0.2, 0.25) is 0 Å². The van der Waals surface area contributed by atoms with Crippen LogP contribution in [0.2, 0.25) is 0 Å². The van der Waals surface area contributed by atoms with Crippen LogP contribution in [0.3, 0.4) is 0 Å². The van der Waals surface area contributed by atoms with Crippen molar-refractivity contribution in [3.05, 3.63) is 102 Å². The Hall–Kier alpha value is -3.65. The summed E-state index contributed by atoms with van der Waals surface area (Å²) >= 11 is 0. The summed E-state index contributed by atoms with van der Waals surface area (Å²) in [5.74, 6) is 0. The van der Waals surface area contributed by atoms with Crippen molar-refractivity contribution in [1.29, 1.82) is 0 Å². The number of hydrogen-bond acceptors (Lipinski definition) is 2. The molecule has 0 saturated heterocycles. The van der Waals surface area contributed by atoms with Gasteiger partial charge in [0.25, 0.3) is 0 Å². The minimum Gasteiger partial charge on any atom is -0.355 e. The number of nitrogens with zero attached hydrogens (tertiary/aromatic N) is 1. The van der Waals surface area contributed by atoms with Crippen LogP contribution in [0, 0.1) is 13.8 Å². The normalized spacial score (nSPS) is 11.1. The topological polar surface area (TPSA) is 24.9 Å². The molecule has 1 N–H and O–H groups in total. The van der Waals surface area contributed by atoms with E-state index in [9.17, 15) is 0 Å². The molecule has 0 radical (unpaired) electrons. The lowest BCUT2D eigenvalue weighted by atomic mass is 9.96. The second kappa shape index (κ2) is 7.06. The zero-order chi connectivity index (χ0) is 19.8. The predicted octanol–water partition coefficient (Wildman–Crippen LogP) is 7.42. The Morgan fingerprint density at radius 2 is 1.28 bits per heavy atom. The molecule has 0 spiro atoms. The molecular weight excluding hydrogens is 352 g/mol. The highest BCUT2D eigenvalue weighted by molar-refractivity contribution is 6.09. The first-order valence-electron chi connectivity index (χ1n) is 9.91. The van der Waals surface area contributed by atoms with Gasteiger partial charge in [0.05, 0.1) is 5.69 Å². The molecule has 2 heteroatoms. The molecule has 0 bridgehead atoms. The third-order valence-electron chi connectivity index (χ3n) is 5.58. The standard InChI is InChI=1S/C27H22N2/c1-18-8-7-9-19(2)26(18)29-24-15-14-20-10-3-5-12-22(20)25(24)27-23-13-6-4-11-21(23)16-17-28-27/h3-17,29H,1-2H3. The van der Waals surface area contributed by atoms with E-state index in [0.29, 0.717) is 0 Å². The predicted molar refractivity (Wildman–Crippen MR) is 124 cm³/mol. The third kappa shape index (κ3) is 3.03. The largest absolute Gasteiger partial charge is 0.355 e. The van der Waals surface area contributed by atoms with E-state index in [1.165, 1.54) is 27.3 Å². The van der Waals surface area contributed by atoms with E-state index in [2.05, 4.69) is 104 Å². The molecule has 0 saturated carbocycles. The first kappa shape index (κ1) is 17.4. The molecule has 29 heavy (non-hydrogen) atoms. The van der Waals surface area contributed by atoms with Gasteiger partial charge < -0.3 is 5.32 Å². The molecule has 1 aromatic heterocycles. The molecule has 0 atom stereocenters. The lowest BCUT2D eigenvalue weighted by Crippen LogP contribution is -1.99. The lowest BCUT2D eigenvalue weighted by Gasteiger charge is -2.18. The zero-order valence-corrected chi connectivity index (χ0v) is 16.6. The van der Waals surface area contributed by atoms with Crippen LogP contribution >= 0.6 is 0 Å². The quantitative estimate of drug-likeness (QED) is 0.355. The summed E-state index contributed by atoms with van der Waals surface area (Å²) in [4.78, 5) is 4.83. The number of pyridine rings is 1. The van der Waals surface area contributed by atoms with Gasteiger partial charge in [0, 0.05) is 28.5 Å². The monoisotopic (exact) mass is 374 g/mol. The second-order valence-corrected chi connectivity index (χ2v) is 7.48. The van der Waals surface area contributed by atoms with Gasteiger partial charge in [-0.2, -0.15) is 0 Å². The van der Waals surface area contributed by atoms with Crippen molar-refractivity contribution in [3.63, 3.8) is 0 Å². The van der Waals surface area contributed by atoms with Gasteiger partial charge in [-0.1, -0.05) is 72.8 Å². The summed E-state index contributed by atoms with van der Waals surface area (Å²) in [6.07, 6.45) is 1.90. The van der Waals surface area contributed by atoms with Crippen LogP contribution < -0.4 is 5.32 Å². The van der Waals surface area contributed by atoms with Gasteiger partial charge in [-0.15, -0.1) is 0 Å². The fourth-order valence-electron chi connectivity index (χ4n) is 4.10. The number of aromatic nitrogens is 1. The van der Waals surface area contributed by atoms with Crippen LogP contribution in [0.25, 0.3) is 32.8 Å². The fourth-order valence-corrected chi connectivity index (χ4v) is 4.10. The highest BCUT2D eigenvalue weighted by atomic mass is 14.9. The highest BCUT2D eigenvalue weighted by Crippen LogP contribution is 2.39. The lowest BCUT2D eigenvalue weighted by molar-refractivity contribution is 1.34. The number of benzene rings is 4. The van der Waals surface area contributed by atoms with E-state index < -0.39 is 0 Å². The summed E-state index contributed by atoms with van der Waals surface area (Å²) in [5.41, 5.74) is 6.84. The molecule has 0 aliphatic heterocycles. The molecule has 0 aliphatic carbocycles. The Kier molecular flexibility index (Phi) is 4.25. The Morgan fingerprint density at radius 1 is 0.621 bits per heavy atom. The van der Waals surface area contributed by atoms with E-state index in [-0.39, 0.29) is 0 Å². The van der Waals surface area contributed by atoms with Crippen molar-refractivity contribution >= 4 is 32.9 Å². The van der Waals surface area contributed by atoms with E-state index in [1.807, 2.05) is 6.20 Å². The van der Waals surface area contributed by atoms with Crippen LogP contribution in [0.4, 0.5) is 11.4 Å². The molecular formula is C27H22N2. The first-order valence-corrected chi connectivity index (χ1v) is 9.91. The second-order valence-electron chi connectivity index (χ2n) is 7.48. The number of hydrogen-bond donors (Lipinski definition) is 1. The van der Waals surface area contributed by atoms with E-state index in [1.54, 1.807) is 0 Å². The molecule has 5 rings (SSSR count). The Balaban J connectivity index is 1.82. The Labute approximate surface area is 170 Å². The van der Waals surface area contributed by atoms with E-state index in [4.69, 9.17) is 4.98 Å². The summed E-state index contributed by atoms with van der Waals surface area (Å²) in [5, 5.41) is 8.50. The maximum absolute atomic E-state index is 4.83. The van der Waals surface area contributed by atoms with Crippen molar-refractivity contribution < 1.29 is 0 Å². The number of nitrogens with one attached hydrogen (secondary N) is 1. The number of rotatable bonds is 3. The SMILES string of the molecule is Cc1cccc(C)c1Nc1ccc2ccccc2c1-c1nccc2ccccc12. The van der Waals surface area contributed by atoms with Crippen molar-refractivity contribution in [2.75, 3.05) is 5.32 Å².